The summed E-state index contributed by atoms with van der Waals surface area (Å²) in [6, 6.07) is 1.97. The number of carbonyl (C=O) groups is 1. The zero-order chi connectivity index (χ0) is 16.1. The molecule has 0 aromatic carbocycles. The summed E-state index contributed by atoms with van der Waals surface area (Å²) in [4.78, 5) is 11.9. The molecule has 0 aliphatic rings. The second-order valence-electron chi connectivity index (χ2n) is 5.11. The van der Waals surface area contributed by atoms with E-state index >= 15 is 0 Å². The van der Waals surface area contributed by atoms with E-state index in [1.807, 2.05) is 13.8 Å². The summed E-state index contributed by atoms with van der Waals surface area (Å²) < 4.78 is 6.62. The molecular weight excluding hydrogens is 302 g/mol. The molecule has 3 N–H and O–H groups in total. The topological polar surface area (TPSA) is 99.0 Å². The van der Waals surface area contributed by atoms with Gasteiger partial charge in [-0.05, 0) is 26.3 Å². The average molecular weight is 323 g/mol. The Labute approximate surface area is 133 Å². The minimum atomic E-state index is -0.0324. The summed E-state index contributed by atoms with van der Waals surface area (Å²) in [5.74, 6) is 7.47. The van der Waals surface area contributed by atoms with Crippen molar-refractivity contribution in [2.75, 3.05) is 11.6 Å². The Morgan fingerprint density at radius 3 is 2.95 bits per heavy atom. The highest BCUT2D eigenvalue weighted by Gasteiger charge is 2.16. The maximum absolute atomic E-state index is 11.9. The number of thioether (sulfide) groups is 1. The molecule has 0 saturated heterocycles. The van der Waals surface area contributed by atoms with Crippen LogP contribution in [0.4, 0.5) is 0 Å². The van der Waals surface area contributed by atoms with Crippen LogP contribution < -0.4 is 11.2 Å². The Balaban J connectivity index is 1.96. The quantitative estimate of drug-likeness (QED) is 0.597. The molecule has 8 heteroatoms. The summed E-state index contributed by atoms with van der Waals surface area (Å²) in [6.45, 7) is 5.92. The van der Waals surface area contributed by atoms with Crippen molar-refractivity contribution < 1.29 is 9.21 Å². The Kier molecular flexibility index (Phi) is 5.48. The highest BCUT2D eigenvalue weighted by molar-refractivity contribution is 7.99. The number of nitrogens with two attached hydrogens (primary N) is 1. The lowest BCUT2D eigenvalue weighted by atomic mass is 10.2. The van der Waals surface area contributed by atoms with Gasteiger partial charge in [0.05, 0.1) is 17.6 Å². The van der Waals surface area contributed by atoms with Gasteiger partial charge in [-0.25, -0.2) is 4.68 Å². The summed E-state index contributed by atoms with van der Waals surface area (Å²) in [6.07, 6.45) is 3.58. The second kappa shape index (κ2) is 7.35. The molecule has 2 heterocycles. The first kappa shape index (κ1) is 16.4. The fraction of sp³-hybridized carbons (Fsp3) is 0.500. The normalized spacial score (nSPS) is 12.3. The van der Waals surface area contributed by atoms with Crippen molar-refractivity contribution in [3.8, 4) is 11.4 Å². The Morgan fingerprint density at radius 2 is 2.32 bits per heavy atom. The van der Waals surface area contributed by atoms with Crippen molar-refractivity contribution in [2.45, 2.75) is 44.8 Å². The van der Waals surface area contributed by atoms with Crippen LogP contribution in [0, 0.1) is 6.92 Å². The molecule has 1 amide bonds. The van der Waals surface area contributed by atoms with Crippen molar-refractivity contribution in [1.82, 2.24) is 20.2 Å². The van der Waals surface area contributed by atoms with E-state index in [-0.39, 0.29) is 17.7 Å². The minimum Gasteiger partial charge on any atom is -0.469 e. The number of aromatic nitrogens is 3. The number of rotatable bonds is 7. The van der Waals surface area contributed by atoms with Crippen LogP contribution in [-0.2, 0) is 4.79 Å². The molecule has 1 unspecified atom stereocenters. The number of aryl methyl sites for hydroxylation is 1. The lowest BCUT2D eigenvalue weighted by molar-refractivity contribution is -0.119. The fourth-order valence-corrected chi connectivity index (χ4v) is 2.80. The summed E-state index contributed by atoms with van der Waals surface area (Å²) in [7, 11) is 0. The minimum absolute atomic E-state index is 0.0324. The molecule has 7 nitrogen and oxygen atoms in total. The molecule has 2 rings (SSSR count). The number of hydrogen-bond donors (Lipinski definition) is 2. The first-order chi connectivity index (χ1) is 10.5. The van der Waals surface area contributed by atoms with Gasteiger partial charge in [-0.1, -0.05) is 25.1 Å². The molecule has 0 radical (unpaired) electrons. The van der Waals surface area contributed by atoms with Crippen LogP contribution in [0.3, 0.4) is 0 Å². The molecule has 0 aliphatic carbocycles. The summed E-state index contributed by atoms with van der Waals surface area (Å²) in [5, 5.41) is 11.5. The standard InChI is InChI=1S/C14H21N5O2S/c1-4-5-9(2)16-12(20)8-22-14-18-17-13(19(14)15)11-6-7-21-10(11)3/h6-7,9H,4-5,8,15H2,1-3H3,(H,16,20). The third-order valence-corrected chi connectivity index (χ3v) is 4.17. The summed E-state index contributed by atoms with van der Waals surface area (Å²) in [5.41, 5.74) is 0.794. The van der Waals surface area contributed by atoms with Crippen molar-refractivity contribution in [3.05, 3.63) is 18.1 Å². The predicted octanol–water partition coefficient (Wildman–Crippen LogP) is 1.96. The van der Waals surface area contributed by atoms with Crippen molar-refractivity contribution in [2.24, 2.45) is 0 Å². The number of nitrogen functional groups attached to an aromatic ring is 1. The van der Waals surface area contributed by atoms with E-state index in [1.165, 1.54) is 16.4 Å². The molecule has 0 aliphatic heterocycles. The molecule has 120 valence electrons. The van der Waals surface area contributed by atoms with Gasteiger partial charge in [0.25, 0.3) is 0 Å². The van der Waals surface area contributed by atoms with E-state index in [9.17, 15) is 4.79 Å². The third kappa shape index (κ3) is 3.82. The Morgan fingerprint density at radius 1 is 1.55 bits per heavy atom. The van der Waals surface area contributed by atoms with Crippen LogP contribution in [0.1, 0.15) is 32.4 Å². The van der Waals surface area contributed by atoms with Gasteiger partial charge in [-0.3, -0.25) is 4.79 Å². The van der Waals surface area contributed by atoms with E-state index in [0.717, 1.165) is 24.2 Å². The van der Waals surface area contributed by atoms with Gasteiger partial charge in [0, 0.05) is 6.04 Å². The van der Waals surface area contributed by atoms with Crippen molar-refractivity contribution in [3.63, 3.8) is 0 Å². The Hall–Kier alpha value is -1.96. The first-order valence-corrected chi connectivity index (χ1v) is 8.18. The molecule has 0 bridgehead atoms. The number of furan rings is 1. The summed E-state index contributed by atoms with van der Waals surface area (Å²) >= 11 is 1.26. The van der Waals surface area contributed by atoms with E-state index in [1.54, 1.807) is 12.3 Å². The molecule has 2 aromatic heterocycles. The third-order valence-electron chi connectivity index (χ3n) is 3.23. The molecule has 2 aromatic rings. The number of carbonyl (C=O) groups excluding carboxylic acids is 1. The van der Waals surface area contributed by atoms with Crippen LogP contribution in [0.5, 0.6) is 0 Å². The van der Waals surface area contributed by atoms with E-state index in [2.05, 4.69) is 22.4 Å². The van der Waals surface area contributed by atoms with Gasteiger partial charge in [-0.2, -0.15) is 0 Å². The molecule has 22 heavy (non-hydrogen) atoms. The first-order valence-electron chi connectivity index (χ1n) is 7.20. The second-order valence-corrected chi connectivity index (χ2v) is 6.06. The number of hydrogen-bond acceptors (Lipinski definition) is 6. The van der Waals surface area contributed by atoms with Gasteiger partial charge in [0.2, 0.25) is 11.1 Å². The smallest absolute Gasteiger partial charge is 0.230 e. The van der Waals surface area contributed by atoms with Crippen molar-refractivity contribution >= 4 is 17.7 Å². The number of nitrogens with one attached hydrogen (secondary N) is 1. The largest absolute Gasteiger partial charge is 0.469 e. The molecule has 0 saturated carbocycles. The van der Waals surface area contributed by atoms with Gasteiger partial charge in [0.15, 0.2) is 5.82 Å². The average Bonchev–Trinajstić information content (AvgIpc) is 3.03. The van der Waals surface area contributed by atoms with E-state index in [0.29, 0.717) is 11.0 Å². The van der Waals surface area contributed by atoms with Crippen LogP contribution in [0.2, 0.25) is 0 Å². The Bertz CT molecular complexity index is 637. The lowest BCUT2D eigenvalue weighted by Crippen LogP contribution is -2.33. The van der Waals surface area contributed by atoms with Gasteiger partial charge >= 0.3 is 0 Å². The zero-order valence-corrected chi connectivity index (χ0v) is 13.8. The lowest BCUT2D eigenvalue weighted by Gasteiger charge is -2.12. The number of nitrogens with zero attached hydrogens (tertiary/aromatic N) is 3. The van der Waals surface area contributed by atoms with Crippen LogP contribution in [0.15, 0.2) is 21.9 Å². The SMILES string of the molecule is CCCC(C)NC(=O)CSc1nnc(-c2ccoc2C)n1N. The highest BCUT2D eigenvalue weighted by atomic mass is 32.2. The van der Waals surface area contributed by atoms with Crippen molar-refractivity contribution in [1.29, 1.82) is 0 Å². The van der Waals surface area contributed by atoms with Gasteiger partial charge in [-0.15, -0.1) is 10.2 Å². The number of amides is 1. The highest BCUT2D eigenvalue weighted by Crippen LogP contribution is 2.24. The van der Waals surface area contributed by atoms with Crippen LogP contribution in [-0.4, -0.2) is 32.6 Å². The van der Waals surface area contributed by atoms with Crippen LogP contribution >= 0.6 is 11.8 Å². The van der Waals surface area contributed by atoms with E-state index < -0.39 is 0 Å². The molecule has 1 atom stereocenters. The monoisotopic (exact) mass is 323 g/mol. The zero-order valence-electron chi connectivity index (χ0n) is 13.0. The van der Waals surface area contributed by atoms with Gasteiger partial charge in [0.1, 0.15) is 5.76 Å². The molecule has 0 spiro atoms. The fourth-order valence-electron chi connectivity index (χ4n) is 2.13. The maximum Gasteiger partial charge on any atom is 0.230 e. The molecular formula is C14H21N5O2S. The van der Waals surface area contributed by atoms with Gasteiger partial charge < -0.3 is 15.6 Å². The maximum atomic E-state index is 11.9. The molecule has 0 fully saturated rings. The van der Waals surface area contributed by atoms with Crippen LogP contribution in [0.25, 0.3) is 11.4 Å². The predicted molar refractivity (Wildman–Crippen MR) is 85.8 cm³/mol. The van der Waals surface area contributed by atoms with E-state index in [4.69, 9.17) is 10.3 Å².